The first kappa shape index (κ1) is 18.9. The third-order valence-electron chi connectivity index (χ3n) is 3.61. The second-order valence-electron chi connectivity index (χ2n) is 5.27. The van der Waals surface area contributed by atoms with Crippen LogP contribution in [0.15, 0.2) is 36.4 Å². The average molecular weight is 356 g/mol. The molecule has 0 aliphatic heterocycles. The summed E-state index contributed by atoms with van der Waals surface area (Å²) in [5.74, 6) is 1.24. The molecule has 1 atom stereocenters. The molecule has 0 fully saturated rings. The molecule has 2 aromatic rings. The molecule has 2 aromatic carbocycles. The molecule has 0 bridgehead atoms. The predicted molar refractivity (Wildman–Crippen MR) is 96.0 cm³/mol. The Hall–Kier alpha value is -3.40. The summed E-state index contributed by atoms with van der Waals surface area (Å²) in [5.41, 5.74) is 0.827. The highest BCUT2D eigenvalue weighted by atomic mass is 16.5. The summed E-state index contributed by atoms with van der Waals surface area (Å²) in [4.78, 5) is 12.4. The molecule has 2 rings (SSSR count). The SMILES string of the molecule is COc1cc(NC(=O)C(C)Oc2ccccc2C#N)cc(OC)c1OC. The molecule has 7 heteroatoms. The standard InChI is InChI=1S/C19H20N2O5/c1-12(26-15-8-6-5-7-13(15)11-20)19(22)21-14-9-16(23-2)18(25-4)17(10-14)24-3/h5-10,12H,1-4H3,(H,21,22). The Labute approximate surface area is 152 Å². The number of para-hydroxylation sites is 1. The lowest BCUT2D eigenvalue weighted by atomic mass is 10.2. The Kier molecular flexibility index (Phi) is 6.28. The van der Waals surface area contributed by atoms with Gasteiger partial charge in [-0.05, 0) is 19.1 Å². The van der Waals surface area contributed by atoms with E-state index in [0.717, 1.165) is 0 Å². The van der Waals surface area contributed by atoms with E-state index in [2.05, 4.69) is 5.32 Å². The van der Waals surface area contributed by atoms with E-state index in [1.54, 1.807) is 43.3 Å². The first-order valence-corrected chi connectivity index (χ1v) is 7.80. The zero-order valence-electron chi connectivity index (χ0n) is 15.0. The minimum absolute atomic E-state index is 0.350. The number of amides is 1. The van der Waals surface area contributed by atoms with Crippen molar-refractivity contribution in [1.29, 1.82) is 5.26 Å². The van der Waals surface area contributed by atoms with Gasteiger partial charge in [-0.2, -0.15) is 5.26 Å². The zero-order valence-corrected chi connectivity index (χ0v) is 15.0. The van der Waals surface area contributed by atoms with E-state index in [0.29, 0.717) is 34.2 Å². The molecule has 0 aliphatic rings. The maximum absolute atomic E-state index is 12.4. The lowest BCUT2D eigenvalue weighted by molar-refractivity contribution is -0.122. The van der Waals surface area contributed by atoms with Crippen LogP contribution in [0.1, 0.15) is 12.5 Å². The van der Waals surface area contributed by atoms with Gasteiger partial charge in [-0.3, -0.25) is 4.79 Å². The fraction of sp³-hybridized carbons (Fsp3) is 0.263. The van der Waals surface area contributed by atoms with Gasteiger partial charge in [-0.25, -0.2) is 0 Å². The Bertz CT molecular complexity index is 804. The summed E-state index contributed by atoms with van der Waals surface area (Å²) >= 11 is 0. The number of anilines is 1. The number of hydrogen-bond donors (Lipinski definition) is 1. The number of methoxy groups -OCH3 is 3. The van der Waals surface area contributed by atoms with Crippen molar-refractivity contribution in [3.05, 3.63) is 42.0 Å². The number of ether oxygens (including phenoxy) is 4. The minimum Gasteiger partial charge on any atom is -0.493 e. The van der Waals surface area contributed by atoms with E-state index in [9.17, 15) is 4.79 Å². The molecule has 0 aromatic heterocycles. The first-order valence-electron chi connectivity index (χ1n) is 7.80. The highest BCUT2D eigenvalue weighted by Gasteiger charge is 2.19. The summed E-state index contributed by atoms with van der Waals surface area (Å²) in [6.07, 6.45) is -0.816. The number of benzene rings is 2. The second-order valence-corrected chi connectivity index (χ2v) is 5.27. The van der Waals surface area contributed by atoms with Gasteiger partial charge < -0.3 is 24.3 Å². The lowest BCUT2D eigenvalue weighted by Crippen LogP contribution is -2.30. The van der Waals surface area contributed by atoms with Crippen LogP contribution in [0.4, 0.5) is 5.69 Å². The van der Waals surface area contributed by atoms with Crippen LogP contribution in [-0.2, 0) is 4.79 Å². The highest BCUT2D eigenvalue weighted by molar-refractivity contribution is 5.94. The van der Waals surface area contributed by atoms with Crippen molar-refractivity contribution < 1.29 is 23.7 Å². The van der Waals surface area contributed by atoms with Gasteiger partial charge in [0.1, 0.15) is 11.8 Å². The van der Waals surface area contributed by atoms with E-state index in [1.165, 1.54) is 21.3 Å². The fourth-order valence-corrected chi connectivity index (χ4v) is 2.30. The number of carbonyl (C=O) groups excluding carboxylic acids is 1. The van der Waals surface area contributed by atoms with Crippen molar-refractivity contribution in [2.45, 2.75) is 13.0 Å². The van der Waals surface area contributed by atoms with Gasteiger partial charge in [-0.15, -0.1) is 0 Å². The molecule has 1 unspecified atom stereocenters. The van der Waals surface area contributed by atoms with Crippen molar-refractivity contribution in [3.63, 3.8) is 0 Å². The monoisotopic (exact) mass is 356 g/mol. The first-order chi connectivity index (χ1) is 12.5. The number of hydrogen-bond acceptors (Lipinski definition) is 6. The molecule has 1 amide bonds. The third kappa shape index (κ3) is 4.16. The van der Waals surface area contributed by atoms with Crippen LogP contribution in [0.5, 0.6) is 23.0 Å². The van der Waals surface area contributed by atoms with Crippen LogP contribution in [-0.4, -0.2) is 33.3 Å². The van der Waals surface area contributed by atoms with E-state index < -0.39 is 6.10 Å². The third-order valence-corrected chi connectivity index (χ3v) is 3.61. The van der Waals surface area contributed by atoms with Gasteiger partial charge in [0, 0.05) is 17.8 Å². The quantitative estimate of drug-likeness (QED) is 0.820. The van der Waals surface area contributed by atoms with E-state index in [1.807, 2.05) is 6.07 Å². The van der Waals surface area contributed by atoms with E-state index in [4.69, 9.17) is 24.2 Å². The molecule has 0 saturated heterocycles. The van der Waals surface area contributed by atoms with Crippen LogP contribution < -0.4 is 24.3 Å². The minimum atomic E-state index is -0.816. The van der Waals surface area contributed by atoms with Gasteiger partial charge in [0.15, 0.2) is 17.6 Å². The molecule has 0 saturated carbocycles. The Morgan fingerprint density at radius 3 is 2.19 bits per heavy atom. The molecule has 136 valence electrons. The van der Waals surface area contributed by atoms with Crippen LogP contribution in [0, 0.1) is 11.3 Å². The number of nitrogens with one attached hydrogen (secondary N) is 1. The molecular formula is C19H20N2O5. The molecule has 0 spiro atoms. The number of nitrogens with zero attached hydrogens (tertiary/aromatic N) is 1. The van der Waals surface area contributed by atoms with Gasteiger partial charge in [0.25, 0.3) is 5.91 Å². The molecule has 0 heterocycles. The van der Waals surface area contributed by atoms with Crippen molar-refractivity contribution in [3.8, 4) is 29.1 Å². The van der Waals surface area contributed by atoms with Gasteiger partial charge in [0.05, 0.1) is 26.9 Å². The summed E-state index contributed by atoms with van der Waals surface area (Å²) < 4.78 is 21.4. The molecule has 0 aliphatic carbocycles. The molecular weight excluding hydrogens is 336 g/mol. The lowest BCUT2D eigenvalue weighted by Gasteiger charge is -2.17. The number of rotatable bonds is 7. The maximum atomic E-state index is 12.4. The van der Waals surface area contributed by atoms with Crippen LogP contribution in [0.2, 0.25) is 0 Å². The second kappa shape index (κ2) is 8.62. The summed E-state index contributed by atoms with van der Waals surface area (Å²) in [6, 6.07) is 12.0. The van der Waals surface area contributed by atoms with E-state index >= 15 is 0 Å². The van der Waals surface area contributed by atoms with Crippen molar-refractivity contribution in [2.75, 3.05) is 26.6 Å². The Morgan fingerprint density at radius 1 is 1.04 bits per heavy atom. The van der Waals surface area contributed by atoms with Crippen molar-refractivity contribution >= 4 is 11.6 Å². The summed E-state index contributed by atoms with van der Waals surface area (Å²) in [5, 5.41) is 11.8. The Balaban J connectivity index is 2.17. The molecule has 0 radical (unpaired) electrons. The van der Waals surface area contributed by atoms with Gasteiger partial charge in [0.2, 0.25) is 5.75 Å². The molecule has 1 N–H and O–H groups in total. The fourth-order valence-electron chi connectivity index (χ4n) is 2.30. The van der Waals surface area contributed by atoms with Crippen molar-refractivity contribution in [2.24, 2.45) is 0 Å². The van der Waals surface area contributed by atoms with Gasteiger partial charge >= 0.3 is 0 Å². The molecule has 7 nitrogen and oxygen atoms in total. The largest absolute Gasteiger partial charge is 0.493 e. The normalized spacial score (nSPS) is 11.0. The highest BCUT2D eigenvalue weighted by Crippen LogP contribution is 2.39. The van der Waals surface area contributed by atoms with Gasteiger partial charge in [-0.1, -0.05) is 12.1 Å². The topological polar surface area (TPSA) is 89.8 Å². The Morgan fingerprint density at radius 2 is 1.65 bits per heavy atom. The van der Waals surface area contributed by atoms with E-state index in [-0.39, 0.29) is 5.91 Å². The van der Waals surface area contributed by atoms with Crippen molar-refractivity contribution in [1.82, 2.24) is 0 Å². The van der Waals surface area contributed by atoms with Crippen LogP contribution in [0.3, 0.4) is 0 Å². The summed E-state index contributed by atoms with van der Waals surface area (Å²) in [7, 11) is 4.49. The zero-order chi connectivity index (χ0) is 19.1. The average Bonchev–Trinajstić information content (AvgIpc) is 2.67. The van der Waals surface area contributed by atoms with Crippen LogP contribution in [0.25, 0.3) is 0 Å². The smallest absolute Gasteiger partial charge is 0.265 e. The summed E-state index contributed by atoms with van der Waals surface area (Å²) in [6.45, 7) is 1.60. The van der Waals surface area contributed by atoms with Crippen LogP contribution >= 0.6 is 0 Å². The predicted octanol–water partition coefficient (Wildman–Crippen LogP) is 2.99. The number of carbonyl (C=O) groups is 1. The molecule has 26 heavy (non-hydrogen) atoms. The number of nitriles is 1. The maximum Gasteiger partial charge on any atom is 0.265 e.